The zero-order chi connectivity index (χ0) is 32.6. The van der Waals surface area contributed by atoms with Crippen LogP contribution in [0, 0.1) is 16.0 Å². The van der Waals surface area contributed by atoms with E-state index in [0.717, 1.165) is 17.0 Å². The van der Waals surface area contributed by atoms with Crippen molar-refractivity contribution in [3.8, 4) is 0 Å². The predicted molar refractivity (Wildman–Crippen MR) is 152 cm³/mol. The van der Waals surface area contributed by atoms with Crippen LogP contribution in [0.1, 0.15) is 55.3 Å². The van der Waals surface area contributed by atoms with Crippen LogP contribution in [0.25, 0.3) is 0 Å². The van der Waals surface area contributed by atoms with Crippen molar-refractivity contribution < 1.29 is 46.7 Å². The quantitative estimate of drug-likeness (QED) is 0.0337. The molecule has 238 valence electrons. The van der Waals surface area contributed by atoms with Crippen molar-refractivity contribution in [1.29, 1.82) is 0 Å². The van der Waals surface area contributed by atoms with Crippen LogP contribution < -0.4 is 21.9 Å². The first-order chi connectivity index (χ1) is 20.7. The second-order valence-corrected chi connectivity index (χ2v) is 11.8. The summed E-state index contributed by atoms with van der Waals surface area (Å²) in [5.41, 5.74) is 0.726. The van der Waals surface area contributed by atoms with Crippen LogP contribution in [0.15, 0.2) is 30.4 Å². The van der Waals surface area contributed by atoms with Gasteiger partial charge in [0.1, 0.15) is 23.4 Å². The highest BCUT2D eigenvalue weighted by Gasteiger charge is 2.39. The molecule has 1 aromatic rings. The van der Waals surface area contributed by atoms with E-state index < -0.39 is 68.1 Å². The minimum absolute atomic E-state index is 0.0258. The number of hydrogen-bond acceptors (Lipinski definition) is 11. The molecule has 17 nitrogen and oxygen atoms in total. The maximum absolute atomic E-state index is 13.3. The summed E-state index contributed by atoms with van der Waals surface area (Å²) in [6.45, 7) is 0.0258. The third-order valence-corrected chi connectivity index (χ3v) is 7.94. The van der Waals surface area contributed by atoms with Crippen LogP contribution in [0.2, 0.25) is 0 Å². The van der Waals surface area contributed by atoms with Crippen molar-refractivity contribution in [2.75, 3.05) is 17.6 Å². The van der Waals surface area contributed by atoms with E-state index >= 15 is 0 Å². The van der Waals surface area contributed by atoms with Crippen LogP contribution >= 0.6 is 0 Å². The Balaban J connectivity index is 1.62. The first-order valence-electron chi connectivity index (χ1n) is 13.6. The number of nitrogen functional groups attached to an aromatic ring is 1. The van der Waals surface area contributed by atoms with Crippen LogP contribution in [0.3, 0.4) is 0 Å². The summed E-state index contributed by atoms with van der Waals surface area (Å²) in [5.74, 6) is -0.624. The smallest absolute Gasteiger partial charge is 0.284 e. The minimum Gasteiger partial charge on any atom is -0.343 e. The molecule has 0 unspecified atom stereocenters. The van der Waals surface area contributed by atoms with Crippen molar-refractivity contribution in [2.45, 2.75) is 57.0 Å². The number of allylic oxidation sites excluding steroid dienone is 2. The number of benzene rings is 1. The van der Waals surface area contributed by atoms with Crippen molar-refractivity contribution >= 4 is 56.7 Å². The highest BCUT2D eigenvalue weighted by atomic mass is 32.2. The number of unbranched alkanes of at least 4 members (excludes halogenated alkanes) is 2. The molecule has 0 saturated carbocycles. The van der Waals surface area contributed by atoms with Gasteiger partial charge in [0.2, 0.25) is 17.7 Å². The number of ketones is 2. The number of amides is 4. The summed E-state index contributed by atoms with van der Waals surface area (Å²) in [5, 5.41) is 16.2. The predicted octanol–water partition coefficient (Wildman–Crippen LogP) is -0.225. The lowest BCUT2D eigenvalue weighted by Gasteiger charge is -2.28. The van der Waals surface area contributed by atoms with Gasteiger partial charge in [-0.25, -0.2) is 5.84 Å². The number of nitrogens with two attached hydrogens (primary N) is 1. The van der Waals surface area contributed by atoms with Crippen molar-refractivity contribution in [2.24, 2.45) is 11.8 Å². The molecule has 44 heavy (non-hydrogen) atoms. The molecule has 0 radical (unpaired) electrons. The lowest BCUT2D eigenvalue weighted by molar-refractivity contribution is -0.385. The van der Waals surface area contributed by atoms with Gasteiger partial charge in [0.25, 0.3) is 21.7 Å². The molecule has 6 N–H and O–H groups in total. The molecule has 1 saturated heterocycles. The molecular weight excluding hydrogens is 604 g/mol. The number of hydrazine groups is 1. The number of hydrogen-bond donors (Lipinski definition) is 5. The van der Waals surface area contributed by atoms with Gasteiger partial charge in [0.15, 0.2) is 11.6 Å². The van der Waals surface area contributed by atoms with Gasteiger partial charge in [-0.05, 0) is 50.0 Å². The van der Waals surface area contributed by atoms with Crippen LogP contribution in [-0.2, 0) is 34.1 Å². The van der Waals surface area contributed by atoms with Crippen molar-refractivity contribution in [1.82, 2.24) is 15.6 Å². The van der Waals surface area contributed by atoms with E-state index in [9.17, 15) is 51.9 Å². The van der Waals surface area contributed by atoms with Gasteiger partial charge < -0.3 is 15.5 Å². The number of nitro benzene ring substituents is 1. The van der Waals surface area contributed by atoms with E-state index in [1.807, 2.05) is 0 Å². The third kappa shape index (κ3) is 8.98. The first kappa shape index (κ1) is 33.9. The summed E-state index contributed by atoms with van der Waals surface area (Å²) in [6.07, 6.45) is 4.46. The highest BCUT2D eigenvalue weighted by molar-refractivity contribution is 7.85. The molecule has 1 aliphatic carbocycles. The molecule has 0 spiro atoms. The van der Waals surface area contributed by atoms with Gasteiger partial charge >= 0.3 is 0 Å². The Kier molecular flexibility index (Phi) is 11.4. The van der Waals surface area contributed by atoms with Crippen molar-refractivity contribution in [3.63, 3.8) is 0 Å². The van der Waals surface area contributed by atoms with E-state index in [0.29, 0.717) is 32.1 Å². The number of anilines is 1. The van der Waals surface area contributed by atoms with E-state index in [4.69, 9.17) is 5.84 Å². The molecule has 1 fully saturated rings. The molecule has 1 aromatic carbocycles. The number of carbonyl (C=O) groups excluding carboxylic acids is 6. The van der Waals surface area contributed by atoms with E-state index in [-0.39, 0.29) is 42.2 Å². The van der Waals surface area contributed by atoms with Crippen LogP contribution in [-0.4, -0.2) is 82.4 Å². The Morgan fingerprint density at radius 3 is 2.41 bits per heavy atom. The molecular formula is C26H32N6O11S. The zero-order valence-electron chi connectivity index (χ0n) is 23.4. The molecule has 18 heteroatoms. The summed E-state index contributed by atoms with van der Waals surface area (Å²) in [7, 11) is -4.74. The van der Waals surface area contributed by atoms with Gasteiger partial charge in [-0.1, -0.05) is 12.8 Å². The number of nitrogens with one attached hydrogen (secondary N) is 3. The molecule has 0 aromatic heterocycles. The molecule has 2 atom stereocenters. The average Bonchev–Trinajstić information content (AvgIpc) is 3.57. The summed E-state index contributed by atoms with van der Waals surface area (Å²) in [6, 6.07) is 0.394. The second-order valence-electron chi connectivity index (χ2n) is 10.3. The number of rotatable bonds is 14. The van der Waals surface area contributed by atoms with Gasteiger partial charge in [-0.15, -0.1) is 0 Å². The second kappa shape index (κ2) is 14.8. The highest BCUT2D eigenvalue weighted by Crippen LogP contribution is 2.25. The van der Waals surface area contributed by atoms with E-state index in [1.54, 1.807) is 5.43 Å². The van der Waals surface area contributed by atoms with Gasteiger partial charge in [-0.2, -0.15) is 8.42 Å². The SMILES string of the molecule is NNC(=O)c1ccc(NC(=O)[C@H]2CCCN2C(=O)[C@@H](CS(=O)(=O)O)NC(=O)CCCCCC2C(=O)C=CC2=O)cc1[N+](=O)[O-]. The largest absolute Gasteiger partial charge is 0.343 e. The Bertz CT molecular complexity index is 1470. The molecule has 3 rings (SSSR count). The number of likely N-dealkylation sites (tertiary alicyclic amines) is 1. The standard InChI is InChI=1S/C26H32N6O11S/c27-30-24(36)16-9-8-15(13-20(16)32(39)40)28-25(37)19-6-4-12-31(19)26(38)18(14-44(41,42)43)29-23(35)7-3-1-2-5-17-21(33)10-11-22(17)34/h8-11,13,17-19H,1-7,12,14,27H2,(H,28,37)(H,29,35)(H,30,36)(H,41,42,43)/t18-,19-/m1/s1. The molecule has 1 heterocycles. The molecule has 2 aliphatic rings. The minimum atomic E-state index is -4.74. The van der Waals surface area contributed by atoms with Crippen LogP contribution in [0.4, 0.5) is 11.4 Å². The Hall–Kier alpha value is -4.55. The lowest BCUT2D eigenvalue weighted by Crippen LogP contribution is -2.54. The maximum atomic E-state index is 13.3. The van der Waals surface area contributed by atoms with Gasteiger partial charge in [0, 0.05) is 24.7 Å². The van der Waals surface area contributed by atoms with E-state index in [2.05, 4.69) is 10.6 Å². The third-order valence-electron chi connectivity index (χ3n) is 7.18. The fourth-order valence-corrected chi connectivity index (χ4v) is 5.69. The first-order valence-corrected chi connectivity index (χ1v) is 15.2. The van der Waals surface area contributed by atoms with E-state index in [1.165, 1.54) is 18.2 Å². The van der Waals surface area contributed by atoms with Crippen LogP contribution in [0.5, 0.6) is 0 Å². The molecule has 0 bridgehead atoms. The Morgan fingerprint density at radius 1 is 1.11 bits per heavy atom. The Labute approximate surface area is 251 Å². The number of carbonyl (C=O) groups is 6. The van der Waals surface area contributed by atoms with Crippen molar-refractivity contribution in [3.05, 3.63) is 46.0 Å². The fourth-order valence-electron chi connectivity index (χ4n) is 5.04. The zero-order valence-corrected chi connectivity index (χ0v) is 24.2. The number of nitrogens with zero attached hydrogens (tertiary/aromatic N) is 2. The van der Waals surface area contributed by atoms with Gasteiger partial charge in [-0.3, -0.25) is 48.9 Å². The molecule has 1 aliphatic heterocycles. The fraction of sp³-hybridized carbons (Fsp3) is 0.462. The summed E-state index contributed by atoms with van der Waals surface area (Å²) >= 11 is 0. The normalized spacial score (nSPS) is 17.4. The monoisotopic (exact) mass is 636 g/mol. The number of nitro groups is 1. The van der Waals surface area contributed by atoms with Gasteiger partial charge in [0.05, 0.1) is 10.8 Å². The Morgan fingerprint density at radius 2 is 1.80 bits per heavy atom. The molecule has 4 amide bonds. The average molecular weight is 637 g/mol. The summed E-state index contributed by atoms with van der Waals surface area (Å²) < 4.78 is 32.8. The topological polar surface area (TPSA) is 265 Å². The maximum Gasteiger partial charge on any atom is 0.284 e. The lowest BCUT2D eigenvalue weighted by atomic mass is 9.97. The summed E-state index contributed by atoms with van der Waals surface area (Å²) in [4.78, 5) is 85.8.